The molecule has 0 atom stereocenters. The number of aliphatic imine (C=N–C) groups is 1. The van der Waals surface area contributed by atoms with E-state index in [0.29, 0.717) is 43.2 Å². The van der Waals surface area contributed by atoms with Crippen LogP contribution in [0.25, 0.3) is 16.7 Å². The maximum absolute atomic E-state index is 12.8. The van der Waals surface area contributed by atoms with Gasteiger partial charge in [0.15, 0.2) is 0 Å². The van der Waals surface area contributed by atoms with Gasteiger partial charge >= 0.3 is 6.03 Å². The molecule has 1 saturated heterocycles. The number of ether oxygens (including phenoxy) is 1. The lowest BCUT2D eigenvalue weighted by Crippen LogP contribution is -2.49. The van der Waals surface area contributed by atoms with Gasteiger partial charge in [-0.05, 0) is 67.2 Å². The van der Waals surface area contributed by atoms with Gasteiger partial charge in [-0.15, -0.1) is 0 Å². The smallest absolute Gasteiger partial charge is 0.323 e. The van der Waals surface area contributed by atoms with Crippen LogP contribution in [0.3, 0.4) is 0 Å². The number of carbonyl (C=O) groups excluding carboxylic acids is 1. The highest BCUT2D eigenvalue weighted by Gasteiger charge is 2.30. The number of aryl methyl sites for hydroxylation is 1. The average Bonchev–Trinajstić information content (AvgIpc) is 2.93. The summed E-state index contributed by atoms with van der Waals surface area (Å²) in [6.07, 6.45) is 4.74. The second kappa shape index (κ2) is 8.63. The van der Waals surface area contributed by atoms with Crippen LogP contribution in [-0.4, -0.2) is 47.7 Å². The van der Waals surface area contributed by atoms with E-state index in [0.717, 1.165) is 27.8 Å². The van der Waals surface area contributed by atoms with Gasteiger partial charge in [-0.3, -0.25) is 5.32 Å². The summed E-state index contributed by atoms with van der Waals surface area (Å²) in [6, 6.07) is 11.9. The first-order valence-corrected chi connectivity index (χ1v) is 10.8. The Bertz CT molecular complexity index is 1120. The summed E-state index contributed by atoms with van der Waals surface area (Å²) in [5.41, 5.74) is 4.87. The molecule has 2 aromatic rings. The summed E-state index contributed by atoms with van der Waals surface area (Å²) in [4.78, 5) is 19.3. The zero-order valence-electron chi connectivity index (χ0n) is 18.8. The number of benzene rings is 2. The van der Waals surface area contributed by atoms with Crippen LogP contribution in [0.4, 0.5) is 10.5 Å². The molecule has 2 aliphatic rings. The lowest BCUT2D eigenvalue weighted by molar-refractivity contribution is 0.00484. The Morgan fingerprint density at radius 3 is 2.56 bits per heavy atom. The second-order valence-corrected chi connectivity index (χ2v) is 8.62. The number of piperidine rings is 1. The molecule has 2 aromatic carbocycles. The Morgan fingerprint density at radius 1 is 1.16 bits per heavy atom. The lowest BCUT2D eigenvalue weighted by atomic mass is 9.91. The van der Waals surface area contributed by atoms with Gasteiger partial charge in [0.25, 0.3) is 0 Å². The molecule has 32 heavy (non-hydrogen) atoms. The van der Waals surface area contributed by atoms with Crippen molar-refractivity contribution in [3.8, 4) is 16.9 Å². The maximum atomic E-state index is 12.8. The van der Waals surface area contributed by atoms with Crippen molar-refractivity contribution in [2.45, 2.75) is 32.3 Å². The van der Waals surface area contributed by atoms with E-state index in [1.165, 1.54) is 0 Å². The zero-order chi connectivity index (χ0) is 22.9. The third kappa shape index (κ3) is 4.32. The van der Waals surface area contributed by atoms with Crippen molar-refractivity contribution >= 4 is 23.1 Å². The van der Waals surface area contributed by atoms with E-state index >= 15 is 0 Å². The summed E-state index contributed by atoms with van der Waals surface area (Å²) in [5, 5.41) is 13.1. The van der Waals surface area contributed by atoms with Crippen LogP contribution in [0.15, 0.2) is 60.1 Å². The van der Waals surface area contributed by atoms with Crippen molar-refractivity contribution in [3.05, 3.63) is 66.3 Å². The minimum absolute atomic E-state index is 0.230. The number of urea groups is 1. The van der Waals surface area contributed by atoms with Gasteiger partial charge in [-0.1, -0.05) is 36.9 Å². The summed E-state index contributed by atoms with van der Waals surface area (Å²) in [7, 11) is 1.61. The van der Waals surface area contributed by atoms with E-state index in [2.05, 4.69) is 31.0 Å². The summed E-state index contributed by atoms with van der Waals surface area (Å²) in [6.45, 7) is 9.14. The van der Waals surface area contributed by atoms with E-state index in [1.54, 1.807) is 25.0 Å². The van der Waals surface area contributed by atoms with Gasteiger partial charge in [0.2, 0.25) is 0 Å². The Morgan fingerprint density at radius 2 is 1.88 bits per heavy atom. The van der Waals surface area contributed by atoms with Gasteiger partial charge in [0.05, 0.1) is 12.7 Å². The van der Waals surface area contributed by atoms with E-state index in [-0.39, 0.29) is 6.03 Å². The number of methoxy groups -OCH3 is 1. The van der Waals surface area contributed by atoms with Gasteiger partial charge < -0.3 is 14.7 Å². The van der Waals surface area contributed by atoms with Gasteiger partial charge in [-0.25, -0.2) is 9.79 Å². The fourth-order valence-corrected chi connectivity index (χ4v) is 4.14. The summed E-state index contributed by atoms with van der Waals surface area (Å²) in [5.74, 6) is 1.04. The summed E-state index contributed by atoms with van der Waals surface area (Å²) < 4.78 is 5.60. The third-order valence-corrected chi connectivity index (χ3v) is 6.15. The van der Waals surface area contributed by atoms with Crippen molar-refractivity contribution in [1.82, 2.24) is 10.2 Å². The Labute approximate surface area is 188 Å². The number of hydrogen-bond acceptors (Lipinski definition) is 4. The number of fused-ring (bicyclic) bond motifs is 1. The standard InChI is InChI=1S/C26H29N3O3/c1-17-7-5-6-8-19(17)20-10-11-21(32-4)24-23(20)18(2)9-12-22(27-24)28-25(30)29-15-13-26(3,31)14-16-29/h5-12,31H,2,13-16H2,1,3-4H3,(H,27,28,30). The van der Waals surface area contributed by atoms with E-state index < -0.39 is 5.60 Å². The first kappa shape index (κ1) is 21.8. The van der Waals surface area contributed by atoms with Gasteiger partial charge in [-0.2, -0.15) is 0 Å². The fourth-order valence-electron chi connectivity index (χ4n) is 4.14. The highest BCUT2D eigenvalue weighted by atomic mass is 16.5. The molecular formula is C26H29N3O3. The van der Waals surface area contributed by atoms with Crippen molar-refractivity contribution in [3.63, 3.8) is 0 Å². The molecule has 2 amide bonds. The predicted octanol–water partition coefficient (Wildman–Crippen LogP) is 4.84. The molecule has 2 N–H and O–H groups in total. The zero-order valence-corrected chi connectivity index (χ0v) is 18.8. The van der Waals surface area contributed by atoms with Crippen LogP contribution in [-0.2, 0) is 0 Å². The molecule has 0 aromatic heterocycles. The third-order valence-electron chi connectivity index (χ3n) is 6.15. The van der Waals surface area contributed by atoms with Gasteiger partial charge in [0.1, 0.15) is 17.3 Å². The number of nitrogens with zero attached hydrogens (tertiary/aromatic N) is 2. The monoisotopic (exact) mass is 431 g/mol. The molecule has 166 valence electrons. The highest BCUT2D eigenvalue weighted by molar-refractivity contribution is 6.09. The maximum Gasteiger partial charge on any atom is 0.323 e. The van der Waals surface area contributed by atoms with Crippen LogP contribution in [0.5, 0.6) is 5.75 Å². The first-order valence-electron chi connectivity index (χ1n) is 10.8. The van der Waals surface area contributed by atoms with Crippen LogP contribution < -0.4 is 10.1 Å². The lowest BCUT2D eigenvalue weighted by Gasteiger charge is -2.35. The molecule has 0 spiro atoms. The Kier molecular flexibility index (Phi) is 5.89. The van der Waals surface area contributed by atoms with E-state index in [4.69, 9.17) is 9.73 Å². The van der Waals surface area contributed by atoms with Crippen molar-refractivity contribution in [2.75, 3.05) is 20.2 Å². The first-order chi connectivity index (χ1) is 15.3. The Balaban J connectivity index is 1.70. The van der Waals surface area contributed by atoms with E-state index in [9.17, 15) is 9.90 Å². The highest BCUT2D eigenvalue weighted by Crippen LogP contribution is 2.44. The van der Waals surface area contributed by atoms with Crippen molar-refractivity contribution in [1.29, 1.82) is 0 Å². The topological polar surface area (TPSA) is 74.2 Å². The molecule has 4 rings (SSSR count). The number of amides is 2. The number of carbonyl (C=O) groups is 1. The van der Waals surface area contributed by atoms with Crippen molar-refractivity contribution in [2.24, 2.45) is 4.99 Å². The number of nitrogens with one attached hydrogen (secondary N) is 1. The van der Waals surface area contributed by atoms with Crippen LogP contribution >= 0.6 is 0 Å². The molecule has 0 saturated carbocycles. The molecule has 0 aliphatic carbocycles. The SMILES string of the molecule is C=C1C=CC(NC(=O)N2CCC(C)(O)CC2)=Nc2c(OC)ccc(-c3ccccc3C)c21. The molecule has 6 nitrogen and oxygen atoms in total. The quantitative estimate of drug-likeness (QED) is 0.715. The second-order valence-electron chi connectivity index (χ2n) is 8.62. The molecule has 6 heteroatoms. The molecule has 0 unspecified atom stereocenters. The number of aliphatic hydroxyl groups is 1. The number of hydrogen-bond donors (Lipinski definition) is 2. The number of rotatable bonds is 2. The molecule has 2 heterocycles. The number of likely N-dealkylation sites (tertiary alicyclic amines) is 1. The number of amidine groups is 1. The largest absolute Gasteiger partial charge is 0.494 e. The fraction of sp³-hybridized carbons (Fsp3) is 0.308. The Hall–Kier alpha value is -3.38. The van der Waals surface area contributed by atoms with Crippen molar-refractivity contribution < 1.29 is 14.6 Å². The molecule has 0 bridgehead atoms. The normalized spacial score (nSPS) is 17.3. The van der Waals surface area contributed by atoms with Crippen LogP contribution in [0.2, 0.25) is 0 Å². The van der Waals surface area contributed by atoms with E-state index in [1.807, 2.05) is 30.3 Å². The molecule has 2 aliphatic heterocycles. The molecule has 1 fully saturated rings. The predicted molar refractivity (Wildman–Crippen MR) is 128 cm³/mol. The summed E-state index contributed by atoms with van der Waals surface area (Å²) >= 11 is 0. The van der Waals surface area contributed by atoms with Crippen LogP contribution in [0.1, 0.15) is 30.9 Å². The minimum Gasteiger partial charge on any atom is -0.494 e. The molecule has 0 radical (unpaired) electrons. The average molecular weight is 432 g/mol. The van der Waals surface area contributed by atoms with Gasteiger partial charge in [0, 0.05) is 18.7 Å². The number of allylic oxidation sites excluding steroid dienone is 2. The molecular weight excluding hydrogens is 402 g/mol. The minimum atomic E-state index is -0.716. The van der Waals surface area contributed by atoms with Crippen LogP contribution in [0, 0.1) is 6.92 Å².